The Morgan fingerprint density at radius 1 is 1.07 bits per heavy atom. The van der Waals surface area contributed by atoms with Crippen LogP contribution in [0.25, 0.3) is 0 Å². The summed E-state index contributed by atoms with van der Waals surface area (Å²) in [6.45, 7) is 2.37. The van der Waals surface area contributed by atoms with Gasteiger partial charge in [0.2, 0.25) is 0 Å². The molecule has 1 N–H and O–H groups in total. The molecule has 0 spiro atoms. The predicted molar refractivity (Wildman–Crippen MR) is 106 cm³/mol. The fourth-order valence-corrected chi connectivity index (χ4v) is 4.85. The molecule has 146 valence electrons. The van der Waals surface area contributed by atoms with Crippen LogP contribution in [-0.4, -0.2) is 57.8 Å². The fraction of sp³-hybridized carbons (Fsp3) is 0.400. The molecular weight excluding hydrogens is 364 g/mol. The van der Waals surface area contributed by atoms with Crippen molar-refractivity contribution in [1.29, 1.82) is 0 Å². The lowest BCUT2D eigenvalue weighted by Gasteiger charge is -2.28. The highest BCUT2D eigenvalue weighted by molar-refractivity contribution is 7.92. The number of sulfonamides is 1. The quantitative estimate of drug-likeness (QED) is 0.749. The van der Waals surface area contributed by atoms with E-state index in [2.05, 4.69) is 4.90 Å². The minimum Gasteiger partial charge on any atom is -0.497 e. The van der Waals surface area contributed by atoms with Gasteiger partial charge in [-0.2, -0.15) is 0 Å². The van der Waals surface area contributed by atoms with Crippen molar-refractivity contribution in [2.45, 2.75) is 23.8 Å². The van der Waals surface area contributed by atoms with Crippen molar-refractivity contribution in [3.63, 3.8) is 0 Å². The van der Waals surface area contributed by atoms with Crippen LogP contribution in [-0.2, 0) is 10.0 Å². The number of β-amino-alcohol motifs (C(OH)–C–C–N with tert-alkyl or cyclic N) is 1. The maximum Gasteiger partial charge on any atom is 0.264 e. The van der Waals surface area contributed by atoms with Crippen molar-refractivity contribution >= 4 is 15.7 Å². The van der Waals surface area contributed by atoms with E-state index in [0.29, 0.717) is 18.0 Å². The van der Waals surface area contributed by atoms with Crippen molar-refractivity contribution in [3.05, 3.63) is 54.6 Å². The highest BCUT2D eigenvalue weighted by Crippen LogP contribution is 2.26. The van der Waals surface area contributed by atoms with E-state index in [0.717, 1.165) is 25.9 Å². The second-order valence-corrected chi connectivity index (χ2v) is 8.57. The van der Waals surface area contributed by atoms with Gasteiger partial charge < -0.3 is 14.7 Å². The van der Waals surface area contributed by atoms with E-state index in [-0.39, 0.29) is 11.4 Å². The first-order chi connectivity index (χ1) is 13.0. The molecule has 1 saturated heterocycles. The van der Waals surface area contributed by atoms with Crippen LogP contribution in [0, 0.1) is 0 Å². The zero-order valence-corrected chi connectivity index (χ0v) is 16.3. The molecule has 0 bridgehead atoms. The number of aliphatic hydroxyl groups is 1. The molecule has 1 fully saturated rings. The zero-order chi connectivity index (χ0) is 19.3. The van der Waals surface area contributed by atoms with E-state index < -0.39 is 16.1 Å². The number of hydrogen-bond donors (Lipinski definition) is 1. The van der Waals surface area contributed by atoms with Gasteiger partial charge in [0, 0.05) is 6.54 Å². The van der Waals surface area contributed by atoms with Crippen LogP contribution in [0.15, 0.2) is 59.5 Å². The lowest BCUT2D eigenvalue weighted by molar-refractivity contribution is 0.132. The van der Waals surface area contributed by atoms with Gasteiger partial charge in [-0.1, -0.05) is 18.2 Å². The maximum absolute atomic E-state index is 13.2. The van der Waals surface area contributed by atoms with Gasteiger partial charge in [-0.15, -0.1) is 0 Å². The molecule has 27 heavy (non-hydrogen) atoms. The molecule has 0 radical (unpaired) electrons. The Hall–Kier alpha value is -2.09. The van der Waals surface area contributed by atoms with Crippen molar-refractivity contribution in [3.8, 4) is 5.75 Å². The summed E-state index contributed by atoms with van der Waals surface area (Å²) in [5.74, 6) is 0.647. The first kappa shape index (κ1) is 19.7. The summed E-state index contributed by atoms with van der Waals surface area (Å²) < 4.78 is 32.9. The van der Waals surface area contributed by atoms with Crippen LogP contribution >= 0.6 is 0 Å². The van der Waals surface area contributed by atoms with Gasteiger partial charge in [-0.3, -0.25) is 4.31 Å². The molecule has 1 heterocycles. The molecule has 2 aromatic carbocycles. The number of rotatable bonds is 8. The van der Waals surface area contributed by atoms with Gasteiger partial charge in [-0.05, 0) is 62.3 Å². The number of aliphatic hydroxyl groups excluding tert-OH is 1. The van der Waals surface area contributed by atoms with Gasteiger partial charge in [0.1, 0.15) is 5.75 Å². The second kappa shape index (κ2) is 8.73. The van der Waals surface area contributed by atoms with Crippen LogP contribution in [0.2, 0.25) is 0 Å². The topological polar surface area (TPSA) is 70.1 Å². The van der Waals surface area contributed by atoms with E-state index in [9.17, 15) is 13.5 Å². The smallest absolute Gasteiger partial charge is 0.264 e. The third-order valence-corrected chi connectivity index (χ3v) is 6.54. The Bertz CT molecular complexity index is 819. The number of benzene rings is 2. The number of ether oxygens (including phenoxy) is 1. The average molecular weight is 391 g/mol. The number of nitrogens with zero attached hydrogens (tertiary/aromatic N) is 2. The third kappa shape index (κ3) is 4.80. The lowest BCUT2D eigenvalue weighted by atomic mass is 10.2. The van der Waals surface area contributed by atoms with Crippen molar-refractivity contribution in [2.24, 2.45) is 0 Å². The second-order valence-electron chi connectivity index (χ2n) is 6.71. The van der Waals surface area contributed by atoms with Crippen LogP contribution in [0.4, 0.5) is 5.69 Å². The average Bonchev–Trinajstić information content (AvgIpc) is 3.20. The number of likely N-dealkylation sites (tertiary alicyclic amines) is 1. The van der Waals surface area contributed by atoms with E-state index in [1.165, 1.54) is 4.31 Å². The Labute approximate surface area is 161 Å². The Morgan fingerprint density at radius 3 is 2.30 bits per heavy atom. The third-order valence-electron chi connectivity index (χ3n) is 4.74. The lowest BCUT2D eigenvalue weighted by Crippen LogP contribution is -2.42. The van der Waals surface area contributed by atoms with Gasteiger partial charge in [0.05, 0.1) is 30.3 Å². The maximum atomic E-state index is 13.2. The molecule has 3 rings (SSSR count). The van der Waals surface area contributed by atoms with Gasteiger partial charge in [0.25, 0.3) is 10.0 Å². The highest BCUT2D eigenvalue weighted by atomic mass is 32.2. The largest absolute Gasteiger partial charge is 0.497 e. The molecule has 0 saturated carbocycles. The molecule has 1 aliphatic heterocycles. The summed E-state index contributed by atoms with van der Waals surface area (Å²) in [6, 6.07) is 15.1. The van der Waals surface area contributed by atoms with Crippen molar-refractivity contribution in [1.82, 2.24) is 4.90 Å². The van der Waals surface area contributed by atoms with E-state index in [4.69, 9.17) is 4.74 Å². The van der Waals surface area contributed by atoms with Crippen LogP contribution in [0.3, 0.4) is 0 Å². The standard InChI is InChI=1S/C20H26N2O4S/c1-26-19-11-9-17(10-12-19)22(16-18(23)15-21-13-5-6-14-21)27(24,25)20-7-3-2-4-8-20/h2-4,7-12,18,23H,5-6,13-16H2,1H3. The zero-order valence-electron chi connectivity index (χ0n) is 15.5. The summed E-state index contributed by atoms with van der Waals surface area (Å²) in [5.41, 5.74) is 0.500. The van der Waals surface area contributed by atoms with Crippen LogP contribution in [0.5, 0.6) is 5.75 Å². The molecule has 7 heteroatoms. The van der Waals surface area contributed by atoms with Crippen molar-refractivity contribution in [2.75, 3.05) is 37.6 Å². The van der Waals surface area contributed by atoms with E-state index in [1.807, 2.05) is 0 Å². The monoisotopic (exact) mass is 390 g/mol. The molecule has 0 aliphatic carbocycles. The van der Waals surface area contributed by atoms with Crippen LogP contribution < -0.4 is 9.04 Å². The first-order valence-electron chi connectivity index (χ1n) is 9.13. The summed E-state index contributed by atoms with van der Waals surface area (Å²) >= 11 is 0. The summed E-state index contributed by atoms with van der Waals surface area (Å²) in [4.78, 5) is 2.38. The molecule has 1 atom stereocenters. The van der Waals surface area contributed by atoms with Crippen molar-refractivity contribution < 1.29 is 18.3 Å². The molecule has 1 unspecified atom stereocenters. The Balaban J connectivity index is 1.87. The Kier molecular flexibility index (Phi) is 6.36. The molecule has 0 aromatic heterocycles. The number of anilines is 1. The SMILES string of the molecule is COc1ccc(N(CC(O)CN2CCCC2)S(=O)(=O)c2ccccc2)cc1. The highest BCUT2D eigenvalue weighted by Gasteiger charge is 2.28. The Morgan fingerprint density at radius 2 is 1.70 bits per heavy atom. The van der Waals surface area contributed by atoms with Gasteiger partial charge in [-0.25, -0.2) is 8.42 Å². The number of methoxy groups -OCH3 is 1. The molecular formula is C20H26N2O4S. The van der Waals surface area contributed by atoms with Gasteiger partial charge in [0.15, 0.2) is 0 Å². The summed E-state index contributed by atoms with van der Waals surface area (Å²) in [5, 5.41) is 10.6. The summed E-state index contributed by atoms with van der Waals surface area (Å²) in [6.07, 6.45) is 1.47. The van der Waals surface area contributed by atoms with Gasteiger partial charge >= 0.3 is 0 Å². The summed E-state index contributed by atoms with van der Waals surface area (Å²) in [7, 11) is -2.23. The van der Waals surface area contributed by atoms with E-state index in [1.54, 1.807) is 61.7 Å². The predicted octanol–water partition coefficient (Wildman–Crippen LogP) is 2.35. The van der Waals surface area contributed by atoms with E-state index >= 15 is 0 Å². The fourth-order valence-electron chi connectivity index (χ4n) is 3.32. The number of hydrogen-bond acceptors (Lipinski definition) is 5. The molecule has 6 nitrogen and oxygen atoms in total. The molecule has 2 aromatic rings. The molecule has 1 aliphatic rings. The first-order valence-corrected chi connectivity index (χ1v) is 10.6. The minimum absolute atomic E-state index is 0.0000560. The molecule has 0 amide bonds. The minimum atomic E-state index is -3.79. The van der Waals surface area contributed by atoms with Crippen LogP contribution in [0.1, 0.15) is 12.8 Å². The normalized spacial score (nSPS) is 16.2.